The SMILES string of the molecule is CCc1sc(C(=O)NCc2nc(C(=O)O)cs2)cc1C. The third kappa shape index (κ3) is 3.23. The van der Waals surface area contributed by atoms with Crippen LogP contribution in [-0.4, -0.2) is 22.0 Å². The molecule has 0 aromatic carbocycles. The maximum atomic E-state index is 12.0. The van der Waals surface area contributed by atoms with Crippen molar-refractivity contribution >= 4 is 34.6 Å². The van der Waals surface area contributed by atoms with Crippen LogP contribution in [0.5, 0.6) is 0 Å². The molecule has 2 heterocycles. The van der Waals surface area contributed by atoms with Gasteiger partial charge in [0.2, 0.25) is 0 Å². The fourth-order valence-corrected chi connectivity index (χ4v) is 3.45. The van der Waals surface area contributed by atoms with E-state index >= 15 is 0 Å². The van der Waals surface area contributed by atoms with Crippen LogP contribution in [0, 0.1) is 6.92 Å². The molecule has 0 radical (unpaired) electrons. The number of carboxylic acid groups (broad SMARTS) is 1. The largest absolute Gasteiger partial charge is 0.476 e. The molecular formula is C13H14N2O3S2. The second kappa shape index (κ2) is 6.15. The molecule has 0 atom stereocenters. The Labute approximate surface area is 124 Å². The number of carboxylic acids is 1. The van der Waals surface area contributed by atoms with Gasteiger partial charge in [0.25, 0.3) is 5.91 Å². The number of nitrogens with zero attached hydrogens (tertiary/aromatic N) is 1. The van der Waals surface area contributed by atoms with E-state index in [2.05, 4.69) is 17.2 Å². The molecule has 0 spiro atoms. The molecule has 0 aliphatic rings. The second-order valence-electron chi connectivity index (χ2n) is 4.18. The quantitative estimate of drug-likeness (QED) is 0.890. The lowest BCUT2D eigenvalue weighted by Gasteiger charge is -1.99. The molecule has 0 fully saturated rings. The van der Waals surface area contributed by atoms with E-state index in [-0.39, 0.29) is 18.1 Å². The van der Waals surface area contributed by atoms with Crippen molar-refractivity contribution in [3.8, 4) is 0 Å². The van der Waals surface area contributed by atoms with Crippen molar-refractivity contribution in [2.75, 3.05) is 0 Å². The minimum Gasteiger partial charge on any atom is -0.476 e. The van der Waals surface area contributed by atoms with Gasteiger partial charge in [0.1, 0.15) is 5.01 Å². The van der Waals surface area contributed by atoms with Gasteiger partial charge in [-0.15, -0.1) is 22.7 Å². The summed E-state index contributed by atoms with van der Waals surface area (Å²) in [5.41, 5.74) is 1.14. The summed E-state index contributed by atoms with van der Waals surface area (Å²) in [6.45, 7) is 4.30. The Morgan fingerprint density at radius 2 is 2.20 bits per heavy atom. The molecule has 0 aliphatic heterocycles. The fourth-order valence-electron chi connectivity index (χ4n) is 1.72. The van der Waals surface area contributed by atoms with E-state index in [1.54, 1.807) is 0 Å². The molecule has 0 aliphatic carbocycles. The first-order chi connectivity index (χ1) is 9.51. The van der Waals surface area contributed by atoms with E-state index < -0.39 is 5.97 Å². The highest BCUT2D eigenvalue weighted by Gasteiger charge is 2.13. The smallest absolute Gasteiger partial charge is 0.355 e. The average Bonchev–Trinajstić information content (AvgIpc) is 3.02. The number of carbonyl (C=O) groups excluding carboxylic acids is 1. The molecule has 1 amide bonds. The van der Waals surface area contributed by atoms with E-state index in [4.69, 9.17) is 5.11 Å². The lowest BCUT2D eigenvalue weighted by Crippen LogP contribution is -2.21. The number of carbonyl (C=O) groups is 2. The summed E-state index contributed by atoms with van der Waals surface area (Å²) < 4.78 is 0. The van der Waals surface area contributed by atoms with Crippen molar-refractivity contribution in [3.63, 3.8) is 0 Å². The van der Waals surface area contributed by atoms with Crippen molar-refractivity contribution in [2.24, 2.45) is 0 Å². The van der Waals surface area contributed by atoms with Crippen LogP contribution in [0.3, 0.4) is 0 Å². The van der Waals surface area contributed by atoms with Crippen molar-refractivity contribution in [3.05, 3.63) is 37.5 Å². The van der Waals surface area contributed by atoms with E-state index in [0.29, 0.717) is 9.88 Å². The predicted molar refractivity (Wildman–Crippen MR) is 78.7 cm³/mol. The molecule has 0 unspecified atom stereocenters. The Balaban J connectivity index is 1.98. The van der Waals surface area contributed by atoms with Crippen LogP contribution >= 0.6 is 22.7 Å². The number of thiazole rings is 1. The highest BCUT2D eigenvalue weighted by Crippen LogP contribution is 2.22. The van der Waals surface area contributed by atoms with Crippen LogP contribution in [0.25, 0.3) is 0 Å². The zero-order chi connectivity index (χ0) is 14.7. The summed E-state index contributed by atoms with van der Waals surface area (Å²) in [6, 6.07) is 1.88. The summed E-state index contributed by atoms with van der Waals surface area (Å²) in [6.07, 6.45) is 0.915. The number of aromatic nitrogens is 1. The Morgan fingerprint density at radius 3 is 2.75 bits per heavy atom. The molecule has 2 rings (SSSR count). The van der Waals surface area contributed by atoms with Gasteiger partial charge in [-0.2, -0.15) is 0 Å². The molecule has 2 N–H and O–H groups in total. The van der Waals surface area contributed by atoms with Crippen molar-refractivity contribution < 1.29 is 14.7 Å². The molecule has 2 aromatic rings. The summed E-state index contributed by atoms with van der Waals surface area (Å²) >= 11 is 2.71. The van der Waals surface area contributed by atoms with Gasteiger partial charge in [-0.05, 0) is 25.0 Å². The molecule has 20 heavy (non-hydrogen) atoms. The minimum absolute atomic E-state index is 0.0134. The van der Waals surface area contributed by atoms with Crippen LogP contribution < -0.4 is 5.32 Å². The normalized spacial score (nSPS) is 10.5. The van der Waals surface area contributed by atoms with Gasteiger partial charge in [-0.25, -0.2) is 9.78 Å². The van der Waals surface area contributed by atoms with Gasteiger partial charge in [0.15, 0.2) is 5.69 Å². The third-order valence-corrected chi connectivity index (χ3v) is 4.97. The average molecular weight is 310 g/mol. The van der Waals surface area contributed by atoms with E-state index in [1.165, 1.54) is 32.9 Å². The number of amides is 1. The van der Waals surface area contributed by atoms with Gasteiger partial charge in [0, 0.05) is 10.3 Å². The van der Waals surface area contributed by atoms with Gasteiger partial charge in [0.05, 0.1) is 11.4 Å². The number of aryl methyl sites for hydroxylation is 2. The van der Waals surface area contributed by atoms with Gasteiger partial charge < -0.3 is 10.4 Å². The first kappa shape index (κ1) is 14.7. The Morgan fingerprint density at radius 1 is 1.45 bits per heavy atom. The summed E-state index contributed by atoms with van der Waals surface area (Å²) in [5, 5.41) is 13.6. The highest BCUT2D eigenvalue weighted by molar-refractivity contribution is 7.14. The zero-order valence-corrected chi connectivity index (χ0v) is 12.7. The van der Waals surface area contributed by atoms with Crippen molar-refractivity contribution in [2.45, 2.75) is 26.8 Å². The maximum absolute atomic E-state index is 12.0. The summed E-state index contributed by atoms with van der Waals surface area (Å²) in [5.74, 6) is -1.20. The highest BCUT2D eigenvalue weighted by atomic mass is 32.1. The monoisotopic (exact) mass is 310 g/mol. The lowest BCUT2D eigenvalue weighted by atomic mass is 10.2. The van der Waals surface area contributed by atoms with E-state index in [1.807, 2.05) is 13.0 Å². The van der Waals surface area contributed by atoms with Gasteiger partial charge in [-0.1, -0.05) is 6.92 Å². The molecule has 0 saturated heterocycles. The molecule has 106 valence electrons. The number of rotatable bonds is 5. The standard InChI is InChI=1S/C13H14N2O3S2/c1-3-9-7(2)4-10(20-9)12(16)14-5-11-15-8(6-19-11)13(17)18/h4,6H,3,5H2,1-2H3,(H,14,16)(H,17,18). The Hall–Kier alpha value is -1.73. The first-order valence-corrected chi connectivity index (χ1v) is 7.76. The Bertz CT molecular complexity index is 646. The molecule has 5 nitrogen and oxygen atoms in total. The predicted octanol–water partition coefficient (Wildman–Crippen LogP) is 2.70. The summed E-state index contributed by atoms with van der Waals surface area (Å²) in [4.78, 5) is 28.5. The van der Waals surface area contributed by atoms with Crippen LogP contribution in [0.15, 0.2) is 11.4 Å². The minimum atomic E-state index is -1.06. The number of hydrogen-bond donors (Lipinski definition) is 2. The van der Waals surface area contributed by atoms with Crippen LogP contribution in [0.4, 0.5) is 0 Å². The van der Waals surface area contributed by atoms with E-state index in [0.717, 1.165) is 12.0 Å². The van der Waals surface area contributed by atoms with Crippen molar-refractivity contribution in [1.29, 1.82) is 0 Å². The van der Waals surface area contributed by atoms with Crippen LogP contribution in [-0.2, 0) is 13.0 Å². The molecule has 0 saturated carbocycles. The van der Waals surface area contributed by atoms with Crippen LogP contribution in [0.1, 0.15) is 42.5 Å². The number of aromatic carboxylic acids is 1. The van der Waals surface area contributed by atoms with Gasteiger partial charge in [-0.3, -0.25) is 4.79 Å². The molecule has 0 bridgehead atoms. The van der Waals surface area contributed by atoms with E-state index in [9.17, 15) is 9.59 Å². The maximum Gasteiger partial charge on any atom is 0.355 e. The third-order valence-electron chi connectivity index (χ3n) is 2.74. The first-order valence-electron chi connectivity index (χ1n) is 6.06. The number of thiophene rings is 1. The number of nitrogens with one attached hydrogen (secondary N) is 1. The molecule has 7 heteroatoms. The molecular weight excluding hydrogens is 296 g/mol. The Kier molecular flexibility index (Phi) is 4.51. The molecule has 2 aromatic heterocycles. The number of hydrogen-bond acceptors (Lipinski definition) is 5. The summed E-state index contributed by atoms with van der Waals surface area (Å²) in [7, 11) is 0. The van der Waals surface area contributed by atoms with Crippen LogP contribution in [0.2, 0.25) is 0 Å². The van der Waals surface area contributed by atoms with Crippen molar-refractivity contribution in [1.82, 2.24) is 10.3 Å². The fraction of sp³-hybridized carbons (Fsp3) is 0.308. The topological polar surface area (TPSA) is 79.3 Å². The van der Waals surface area contributed by atoms with Gasteiger partial charge >= 0.3 is 5.97 Å². The zero-order valence-electron chi connectivity index (χ0n) is 11.1. The second-order valence-corrected chi connectivity index (χ2v) is 6.26. The lowest BCUT2D eigenvalue weighted by molar-refractivity contribution is 0.0691.